The third kappa shape index (κ3) is 3.49. The molecule has 0 saturated heterocycles. The van der Waals surface area contributed by atoms with Gasteiger partial charge in [0.2, 0.25) is 5.95 Å². The van der Waals surface area contributed by atoms with E-state index in [0.717, 1.165) is 23.3 Å². The lowest BCUT2D eigenvalue weighted by molar-refractivity contribution is 0.606. The van der Waals surface area contributed by atoms with Gasteiger partial charge in [0.1, 0.15) is 5.82 Å². The van der Waals surface area contributed by atoms with Crippen LogP contribution in [0, 0.1) is 5.92 Å². The van der Waals surface area contributed by atoms with Gasteiger partial charge in [-0.1, -0.05) is 13.8 Å². The minimum absolute atomic E-state index is 0.292. The van der Waals surface area contributed by atoms with E-state index < -0.39 is 0 Å². The van der Waals surface area contributed by atoms with Gasteiger partial charge in [-0.25, -0.2) is 4.98 Å². The van der Waals surface area contributed by atoms with Crippen molar-refractivity contribution in [3.05, 3.63) is 10.7 Å². The summed E-state index contributed by atoms with van der Waals surface area (Å²) in [7, 11) is 0. The van der Waals surface area contributed by atoms with Gasteiger partial charge >= 0.3 is 0 Å². The molecule has 0 aliphatic rings. The van der Waals surface area contributed by atoms with Gasteiger partial charge in [-0.2, -0.15) is 4.98 Å². The highest BCUT2D eigenvalue weighted by atomic mass is 79.9. The van der Waals surface area contributed by atoms with Crippen molar-refractivity contribution in [2.45, 2.75) is 20.3 Å². The SMILES string of the molecule is CC(C)CCNc1nc(N)ncc1Br. The highest BCUT2D eigenvalue weighted by Crippen LogP contribution is 2.19. The number of hydrogen-bond acceptors (Lipinski definition) is 4. The molecule has 0 aliphatic carbocycles. The Bertz CT molecular complexity index is 301. The number of rotatable bonds is 4. The van der Waals surface area contributed by atoms with Crippen LogP contribution in [-0.4, -0.2) is 16.5 Å². The van der Waals surface area contributed by atoms with Crippen LogP contribution in [0.3, 0.4) is 0 Å². The predicted octanol–water partition coefficient (Wildman–Crippen LogP) is 2.28. The van der Waals surface area contributed by atoms with E-state index in [1.807, 2.05) is 0 Å². The highest BCUT2D eigenvalue weighted by molar-refractivity contribution is 9.10. The molecule has 0 amide bonds. The molecule has 0 aromatic carbocycles. The van der Waals surface area contributed by atoms with E-state index in [4.69, 9.17) is 5.73 Å². The number of nitrogens with two attached hydrogens (primary N) is 1. The second kappa shape index (κ2) is 5.14. The molecule has 0 bridgehead atoms. The summed E-state index contributed by atoms with van der Waals surface area (Å²) < 4.78 is 0.843. The van der Waals surface area contributed by atoms with E-state index in [-0.39, 0.29) is 0 Å². The molecule has 0 fully saturated rings. The summed E-state index contributed by atoms with van der Waals surface area (Å²) in [6.07, 6.45) is 2.76. The standard InChI is InChI=1S/C9H15BrN4/c1-6(2)3-4-12-8-7(10)5-13-9(11)14-8/h5-6H,3-4H2,1-2H3,(H3,11,12,13,14). The number of anilines is 2. The van der Waals surface area contributed by atoms with Crippen LogP contribution in [0.25, 0.3) is 0 Å². The molecule has 1 heterocycles. The summed E-state index contributed by atoms with van der Waals surface area (Å²) in [4.78, 5) is 7.94. The summed E-state index contributed by atoms with van der Waals surface area (Å²) in [6.45, 7) is 5.27. The van der Waals surface area contributed by atoms with Gasteiger partial charge in [0.25, 0.3) is 0 Å². The first kappa shape index (κ1) is 11.2. The van der Waals surface area contributed by atoms with Gasteiger partial charge in [-0.15, -0.1) is 0 Å². The van der Waals surface area contributed by atoms with Crippen LogP contribution in [0.15, 0.2) is 10.7 Å². The molecule has 0 aliphatic heterocycles. The van der Waals surface area contributed by atoms with Crippen molar-refractivity contribution in [2.75, 3.05) is 17.6 Å². The van der Waals surface area contributed by atoms with E-state index in [0.29, 0.717) is 11.9 Å². The van der Waals surface area contributed by atoms with Crippen LogP contribution in [0.4, 0.5) is 11.8 Å². The molecule has 14 heavy (non-hydrogen) atoms. The Labute approximate surface area is 92.5 Å². The lowest BCUT2D eigenvalue weighted by Gasteiger charge is -2.08. The van der Waals surface area contributed by atoms with Crippen molar-refractivity contribution in [3.63, 3.8) is 0 Å². The zero-order chi connectivity index (χ0) is 10.6. The number of hydrogen-bond donors (Lipinski definition) is 2. The van der Waals surface area contributed by atoms with Crippen molar-refractivity contribution in [1.29, 1.82) is 0 Å². The van der Waals surface area contributed by atoms with Gasteiger partial charge in [-0.3, -0.25) is 0 Å². The fourth-order valence-electron chi connectivity index (χ4n) is 0.984. The Hall–Kier alpha value is -0.840. The molecule has 0 saturated carbocycles. The molecule has 5 heteroatoms. The lowest BCUT2D eigenvalue weighted by Crippen LogP contribution is -2.08. The predicted molar refractivity (Wildman–Crippen MR) is 62.1 cm³/mol. The minimum Gasteiger partial charge on any atom is -0.369 e. The zero-order valence-electron chi connectivity index (χ0n) is 8.42. The Kier molecular flexibility index (Phi) is 4.13. The van der Waals surface area contributed by atoms with E-state index >= 15 is 0 Å². The highest BCUT2D eigenvalue weighted by Gasteiger charge is 2.02. The summed E-state index contributed by atoms with van der Waals surface area (Å²) in [5.74, 6) is 1.74. The van der Waals surface area contributed by atoms with Crippen molar-refractivity contribution in [2.24, 2.45) is 5.92 Å². The van der Waals surface area contributed by atoms with Gasteiger partial charge < -0.3 is 11.1 Å². The summed E-state index contributed by atoms with van der Waals surface area (Å²) in [5.41, 5.74) is 5.48. The van der Waals surface area contributed by atoms with Crippen LogP contribution in [-0.2, 0) is 0 Å². The molecule has 4 nitrogen and oxygen atoms in total. The maximum Gasteiger partial charge on any atom is 0.221 e. The Morgan fingerprint density at radius 2 is 2.29 bits per heavy atom. The van der Waals surface area contributed by atoms with E-state index in [1.54, 1.807) is 6.20 Å². The molecule has 0 radical (unpaired) electrons. The third-order valence-electron chi connectivity index (χ3n) is 1.78. The van der Waals surface area contributed by atoms with Crippen LogP contribution < -0.4 is 11.1 Å². The topological polar surface area (TPSA) is 63.8 Å². The second-order valence-electron chi connectivity index (χ2n) is 3.53. The van der Waals surface area contributed by atoms with Gasteiger partial charge in [0.15, 0.2) is 0 Å². The summed E-state index contributed by atoms with van der Waals surface area (Å²) >= 11 is 3.35. The van der Waals surface area contributed by atoms with Crippen LogP contribution in [0.2, 0.25) is 0 Å². The molecule has 0 spiro atoms. The number of nitrogens with one attached hydrogen (secondary N) is 1. The Morgan fingerprint density at radius 1 is 1.57 bits per heavy atom. The molecular formula is C9H15BrN4. The Balaban J connectivity index is 2.53. The van der Waals surface area contributed by atoms with E-state index in [2.05, 4.69) is 45.1 Å². The molecule has 78 valence electrons. The maximum atomic E-state index is 5.48. The molecule has 0 unspecified atom stereocenters. The van der Waals surface area contributed by atoms with Crippen LogP contribution in [0.1, 0.15) is 20.3 Å². The quantitative estimate of drug-likeness (QED) is 0.870. The van der Waals surface area contributed by atoms with Gasteiger partial charge in [-0.05, 0) is 28.3 Å². The Morgan fingerprint density at radius 3 is 2.93 bits per heavy atom. The third-order valence-corrected chi connectivity index (χ3v) is 2.36. The lowest BCUT2D eigenvalue weighted by atomic mass is 10.1. The summed E-state index contributed by atoms with van der Waals surface area (Å²) in [5, 5.41) is 3.21. The number of halogens is 1. The maximum absolute atomic E-state index is 5.48. The average molecular weight is 259 g/mol. The smallest absolute Gasteiger partial charge is 0.221 e. The largest absolute Gasteiger partial charge is 0.369 e. The second-order valence-corrected chi connectivity index (χ2v) is 4.39. The normalized spacial score (nSPS) is 10.6. The van der Waals surface area contributed by atoms with Gasteiger partial charge in [0.05, 0.1) is 4.47 Å². The minimum atomic E-state index is 0.292. The average Bonchev–Trinajstić information content (AvgIpc) is 2.10. The van der Waals surface area contributed by atoms with Crippen molar-refractivity contribution in [1.82, 2.24) is 9.97 Å². The molecule has 1 aromatic rings. The van der Waals surface area contributed by atoms with Crippen LogP contribution >= 0.6 is 15.9 Å². The molecule has 1 rings (SSSR count). The first-order valence-corrected chi connectivity index (χ1v) is 5.40. The molecule has 1 aromatic heterocycles. The number of aromatic nitrogens is 2. The molecule has 0 atom stereocenters. The summed E-state index contributed by atoms with van der Waals surface area (Å²) in [6, 6.07) is 0. The van der Waals surface area contributed by atoms with Crippen molar-refractivity contribution in [3.8, 4) is 0 Å². The fourth-order valence-corrected chi connectivity index (χ4v) is 1.32. The molecule has 3 N–H and O–H groups in total. The van der Waals surface area contributed by atoms with Gasteiger partial charge in [0, 0.05) is 12.7 Å². The molecular weight excluding hydrogens is 244 g/mol. The van der Waals surface area contributed by atoms with E-state index in [1.165, 1.54) is 0 Å². The first-order chi connectivity index (χ1) is 6.59. The van der Waals surface area contributed by atoms with Crippen LogP contribution in [0.5, 0.6) is 0 Å². The number of nitrogen functional groups attached to an aromatic ring is 1. The monoisotopic (exact) mass is 258 g/mol. The number of nitrogens with zero attached hydrogens (tertiary/aromatic N) is 2. The first-order valence-electron chi connectivity index (χ1n) is 4.61. The van der Waals surface area contributed by atoms with E-state index in [9.17, 15) is 0 Å². The van der Waals surface area contributed by atoms with Crippen molar-refractivity contribution >= 4 is 27.7 Å². The van der Waals surface area contributed by atoms with Crippen molar-refractivity contribution < 1.29 is 0 Å². The fraction of sp³-hybridized carbons (Fsp3) is 0.556. The zero-order valence-corrected chi connectivity index (χ0v) is 10.0.